The molecule has 2 aliphatic heterocycles. The summed E-state index contributed by atoms with van der Waals surface area (Å²) in [6, 6.07) is 34.2. The van der Waals surface area contributed by atoms with Crippen LogP contribution in [0.5, 0.6) is 0 Å². The van der Waals surface area contributed by atoms with Crippen molar-refractivity contribution >= 4 is 121 Å². The van der Waals surface area contributed by atoms with Crippen LogP contribution in [0, 0.1) is 0 Å². The van der Waals surface area contributed by atoms with E-state index in [1.54, 1.807) is 40.4 Å². The number of halogens is 3. The van der Waals surface area contributed by atoms with Gasteiger partial charge in [0.15, 0.2) is 10.3 Å². The lowest BCUT2D eigenvalue weighted by Gasteiger charge is -2.36. The average molecular weight is 1000 g/mol. The fraction of sp³-hybridized carbons (Fsp3) is 0.150. The number of nitrogens with one attached hydrogen (secondary N) is 1. The summed E-state index contributed by atoms with van der Waals surface area (Å²) in [5, 5.41) is 9.56. The monoisotopic (exact) mass is 1000 g/mol. The highest BCUT2D eigenvalue weighted by Gasteiger charge is 2.34. The summed E-state index contributed by atoms with van der Waals surface area (Å²) in [7, 11) is 0. The highest BCUT2D eigenvalue weighted by Crippen LogP contribution is 2.35. The molecule has 0 spiro atoms. The second-order valence-corrected chi connectivity index (χ2v) is 19.1. The zero-order valence-electron chi connectivity index (χ0n) is 31.5. The van der Waals surface area contributed by atoms with Gasteiger partial charge in [-0.2, -0.15) is 0 Å². The molecule has 8 rings (SSSR count). The van der Waals surface area contributed by atoms with Gasteiger partial charge >= 0.3 is 12.1 Å². The molecule has 2 N–H and O–H groups in total. The van der Waals surface area contributed by atoms with Crippen LogP contribution in [0.4, 0.5) is 32.6 Å². The minimum absolute atomic E-state index is 0.0675. The Balaban J connectivity index is 0.000000188. The fourth-order valence-corrected chi connectivity index (χ4v) is 7.84. The third kappa shape index (κ3) is 11.4. The second-order valence-electron chi connectivity index (χ2n) is 12.3. The van der Waals surface area contributed by atoms with Crippen LogP contribution in [-0.2, 0) is 36.4 Å². The number of anilines is 4. The minimum atomic E-state index is -0.259. The maximum atomic E-state index is 13.2. The molecule has 4 amide bonds. The van der Waals surface area contributed by atoms with E-state index in [1.807, 2.05) is 78.9 Å². The zero-order valence-corrected chi connectivity index (χ0v) is 37.5. The molecule has 11 nitrogen and oxygen atoms in total. The topological polar surface area (TPSA) is 128 Å². The van der Waals surface area contributed by atoms with E-state index >= 15 is 0 Å². The first kappa shape index (κ1) is 42.2. The van der Waals surface area contributed by atoms with Crippen molar-refractivity contribution in [2.24, 2.45) is 0 Å². The van der Waals surface area contributed by atoms with Gasteiger partial charge in [0, 0.05) is 40.0 Å². The maximum absolute atomic E-state index is 13.2. The van der Waals surface area contributed by atoms with E-state index in [1.165, 1.54) is 39.6 Å². The summed E-state index contributed by atoms with van der Waals surface area (Å²) in [5.74, 6) is 2.61. The van der Waals surface area contributed by atoms with Gasteiger partial charge in [-0.15, -0.1) is 0 Å². The first-order valence-corrected chi connectivity index (χ1v) is 24.9. The molecular weight excluding hydrogens is 965 g/mol. The standard InChI is InChI=1S/C21H19ClN4O2S.C19H15ClN4OS.IPS/c22-17-8-4-5-9-18(17)26-13-16-12-23-20(29-14-15-6-2-1-3-7-15)24-19(16)25(10-11-27)21(26)28;20-15-8-4-5-9-16(15)24-11-14-10-21-18(22-17(14)23-19(24)25)26-12-13-6-2-1-3-7-13;1-2-3/h1-9,12,27H,10-11,13-14H2;1-10H,11-12H2,(H,21,22,23,25);/i27T;;. The van der Waals surface area contributed by atoms with Crippen molar-refractivity contribution in [2.75, 3.05) is 33.2 Å². The Morgan fingerprint density at radius 3 is 1.83 bits per heavy atom. The Morgan fingerprint density at radius 2 is 1.26 bits per heavy atom. The van der Waals surface area contributed by atoms with Crippen molar-refractivity contribution in [3.8, 4) is 0 Å². The highest BCUT2D eigenvalue weighted by atomic mass is 127. The van der Waals surface area contributed by atoms with Crippen LogP contribution in [0.2, 0.25) is 10.0 Å². The van der Waals surface area contributed by atoms with E-state index < -0.39 is 0 Å². The Bertz CT molecular complexity index is 2390. The smallest absolute Gasteiger partial charge is 0.330 e. The van der Waals surface area contributed by atoms with Gasteiger partial charge in [0.1, 0.15) is 11.6 Å². The third-order valence-electron chi connectivity index (χ3n) is 8.53. The molecule has 4 aromatic carbocycles. The fourth-order valence-electron chi connectivity index (χ4n) is 5.83. The van der Waals surface area contributed by atoms with Crippen molar-refractivity contribution in [1.29, 1.82) is 1.43 Å². The number of nitrogens with zero attached hydrogens (tertiary/aromatic N) is 7. The predicted molar refractivity (Wildman–Crippen MR) is 248 cm³/mol. The summed E-state index contributed by atoms with van der Waals surface area (Å²) in [5.41, 5.74) is 5.32. The largest absolute Gasteiger partial charge is 0.395 e. The van der Waals surface area contributed by atoms with Gasteiger partial charge in [-0.25, -0.2) is 29.5 Å². The first-order valence-electron chi connectivity index (χ1n) is 17.9. The molecule has 18 heteroatoms. The number of urea groups is 2. The van der Waals surface area contributed by atoms with Gasteiger partial charge in [0.05, 0.1) is 47.7 Å². The lowest BCUT2D eigenvalue weighted by atomic mass is 10.2. The molecule has 0 radical (unpaired) electrons. The molecule has 4 heterocycles. The summed E-state index contributed by atoms with van der Waals surface area (Å²) in [6.07, 6.45) is 3.51. The van der Waals surface area contributed by atoms with Crippen LogP contribution in [0.15, 0.2) is 132 Å². The van der Waals surface area contributed by atoms with E-state index in [4.69, 9.17) is 24.6 Å². The molecule has 0 atom stereocenters. The van der Waals surface area contributed by atoms with E-state index in [2.05, 4.69) is 76.3 Å². The number of β-amino-alcohol motifs (C(OH)–C–C–N with tert-alkyl or cyclic N) is 1. The number of rotatable bonds is 11. The Hall–Kier alpha value is -3.93. The molecule has 0 fully saturated rings. The van der Waals surface area contributed by atoms with Gasteiger partial charge in [0.2, 0.25) is 1.43 Å². The van der Waals surface area contributed by atoms with E-state index in [-0.39, 0.29) is 25.2 Å². The van der Waals surface area contributed by atoms with Gasteiger partial charge in [-0.1, -0.05) is 132 Å². The average Bonchev–Trinajstić information content (AvgIpc) is 3.26. The number of aliphatic hydroxyl groups excluding tert-OH is 1. The number of benzene rings is 4. The normalized spacial score (nSPS) is 13.3. The number of hydrogen-bond donors (Lipinski definition) is 2. The Kier molecular flexibility index (Phi) is 15.9. The number of carbonyl (C=O) groups excluding carboxylic acids is 2. The number of carbonyl (C=O) groups is 2. The Labute approximate surface area is 375 Å². The number of hydrogen-bond acceptors (Lipinski definition) is 10. The number of aliphatic hydroxyl groups is 1. The van der Waals surface area contributed by atoms with Crippen LogP contribution in [0.1, 0.15) is 22.3 Å². The summed E-state index contributed by atoms with van der Waals surface area (Å²) < 4.78 is 7.01. The lowest BCUT2D eigenvalue weighted by molar-refractivity contribution is 0.244. The van der Waals surface area contributed by atoms with Crippen LogP contribution in [0.25, 0.3) is 0 Å². The molecule has 0 bridgehead atoms. The molecule has 0 unspecified atom stereocenters. The molecule has 58 heavy (non-hydrogen) atoms. The van der Waals surface area contributed by atoms with E-state index in [0.717, 1.165) is 27.6 Å². The van der Waals surface area contributed by atoms with Gasteiger partial charge < -0.3 is 5.11 Å². The molecule has 296 valence electrons. The molecule has 2 aliphatic rings. The van der Waals surface area contributed by atoms with Gasteiger partial charge in [-0.05, 0) is 69.2 Å². The minimum Gasteiger partial charge on any atom is -0.395 e. The van der Waals surface area contributed by atoms with Crippen molar-refractivity contribution in [3.05, 3.63) is 154 Å². The molecule has 2 aromatic heterocycles. The summed E-state index contributed by atoms with van der Waals surface area (Å²) in [4.78, 5) is 49.4. The zero-order chi connectivity index (χ0) is 41.6. The lowest BCUT2D eigenvalue weighted by Crippen LogP contribution is -2.49. The molecule has 0 saturated carbocycles. The van der Waals surface area contributed by atoms with E-state index in [0.29, 0.717) is 56.5 Å². The van der Waals surface area contributed by atoms with Gasteiger partial charge in [-0.3, -0.25) is 20.0 Å². The van der Waals surface area contributed by atoms with Crippen LogP contribution in [0.3, 0.4) is 0 Å². The SMILES string of the molecule is O=C1Nc2nc(SCc3ccccc3)ncc2CN1c1ccccc1Cl.S=PI.[3H]OCCN1C(=O)N(c2ccccc2Cl)Cc2cnc(SCc3ccccc3)nc21. The Morgan fingerprint density at radius 1 is 0.759 bits per heavy atom. The highest BCUT2D eigenvalue weighted by molar-refractivity contribution is 14.2. The van der Waals surface area contributed by atoms with E-state index in [9.17, 15) is 9.59 Å². The predicted octanol–water partition coefficient (Wildman–Crippen LogP) is 11.1. The molecule has 0 aliphatic carbocycles. The first-order chi connectivity index (χ1) is 28.8. The van der Waals surface area contributed by atoms with Crippen molar-refractivity contribution in [2.45, 2.75) is 34.9 Å². The molecule has 6 aromatic rings. The second kappa shape index (κ2) is 21.9. The molecule has 0 saturated heterocycles. The number of fused-ring (bicyclic) bond motifs is 2. The maximum Gasteiger partial charge on any atom is 0.330 e. The third-order valence-corrected chi connectivity index (χ3v) is 11.0. The number of thioether (sulfide) groups is 2. The van der Waals surface area contributed by atoms with Crippen molar-refractivity contribution in [3.63, 3.8) is 0 Å². The van der Waals surface area contributed by atoms with Crippen LogP contribution < -0.4 is 20.0 Å². The van der Waals surface area contributed by atoms with Crippen molar-refractivity contribution in [1.82, 2.24) is 19.9 Å². The number of aromatic nitrogens is 4. The van der Waals surface area contributed by atoms with Gasteiger partial charge in [0.25, 0.3) is 0 Å². The number of amides is 4. The summed E-state index contributed by atoms with van der Waals surface area (Å²) in [6.45, 7) is 0.975. The van der Waals surface area contributed by atoms with Crippen LogP contribution >= 0.6 is 73.8 Å². The molecular formula is C40H34Cl2IN8O3PS3. The van der Waals surface area contributed by atoms with Crippen molar-refractivity contribution < 1.29 is 14.7 Å². The quantitative estimate of drug-likeness (QED) is 0.0560. The number of para-hydroxylation sites is 2. The van der Waals surface area contributed by atoms with Crippen LogP contribution in [-0.4, -0.2) is 51.7 Å². The summed E-state index contributed by atoms with van der Waals surface area (Å²) >= 11 is 22.0.